The van der Waals surface area contributed by atoms with Gasteiger partial charge in [0.2, 0.25) is 0 Å². The first kappa shape index (κ1) is 17.2. The minimum absolute atomic E-state index is 0.674. The van der Waals surface area contributed by atoms with Crippen LogP contribution in [0.1, 0.15) is 58.3 Å². The molecule has 2 atom stereocenters. The number of piperidine rings is 1. The van der Waals surface area contributed by atoms with Gasteiger partial charge in [0.1, 0.15) is 0 Å². The van der Waals surface area contributed by atoms with Crippen molar-refractivity contribution < 1.29 is 0 Å². The van der Waals surface area contributed by atoms with Crippen LogP contribution in [-0.2, 0) is 0 Å². The van der Waals surface area contributed by atoms with E-state index in [0.717, 1.165) is 12.0 Å². The van der Waals surface area contributed by atoms with Crippen molar-refractivity contribution in [2.45, 2.75) is 70.4 Å². The highest BCUT2D eigenvalue weighted by atomic mass is 15.1. The molecule has 2 rings (SSSR count). The van der Waals surface area contributed by atoms with Crippen molar-refractivity contribution in [3.8, 4) is 0 Å². The first-order valence-electron chi connectivity index (χ1n) is 9.29. The summed E-state index contributed by atoms with van der Waals surface area (Å²) in [5, 5.41) is 3.78. The van der Waals surface area contributed by atoms with E-state index in [9.17, 15) is 0 Å². The van der Waals surface area contributed by atoms with Crippen LogP contribution in [0.3, 0.4) is 0 Å². The zero-order valence-corrected chi connectivity index (χ0v) is 14.6. The summed E-state index contributed by atoms with van der Waals surface area (Å²) in [7, 11) is 4.59. The third-order valence-electron chi connectivity index (χ3n) is 5.72. The number of likely N-dealkylation sites (tertiary alicyclic amines) is 1. The van der Waals surface area contributed by atoms with Gasteiger partial charge < -0.3 is 15.1 Å². The third kappa shape index (κ3) is 5.88. The Balaban J connectivity index is 1.56. The van der Waals surface area contributed by atoms with Gasteiger partial charge in [-0.3, -0.25) is 0 Å². The van der Waals surface area contributed by atoms with Crippen LogP contribution in [0.4, 0.5) is 0 Å². The van der Waals surface area contributed by atoms with E-state index in [0.29, 0.717) is 6.04 Å². The van der Waals surface area contributed by atoms with Crippen LogP contribution in [0.5, 0.6) is 0 Å². The predicted molar refractivity (Wildman–Crippen MR) is 91.8 cm³/mol. The summed E-state index contributed by atoms with van der Waals surface area (Å²) < 4.78 is 0. The molecular formula is C18H37N3. The SMILES string of the molecule is CC(NCCCN(C)C1CCCCC1)C1CCCN(C)C1. The lowest BCUT2D eigenvalue weighted by atomic mass is 9.92. The molecule has 1 heterocycles. The van der Waals surface area contributed by atoms with Crippen LogP contribution in [-0.4, -0.2) is 62.2 Å². The molecule has 2 unspecified atom stereocenters. The van der Waals surface area contributed by atoms with E-state index in [4.69, 9.17) is 0 Å². The molecule has 0 bridgehead atoms. The maximum absolute atomic E-state index is 3.78. The van der Waals surface area contributed by atoms with E-state index in [1.54, 1.807) is 0 Å². The Morgan fingerprint density at radius 3 is 2.62 bits per heavy atom. The monoisotopic (exact) mass is 295 g/mol. The van der Waals surface area contributed by atoms with Gasteiger partial charge >= 0.3 is 0 Å². The summed E-state index contributed by atoms with van der Waals surface area (Å²) in [4.78, 5) is 5.10. The summed E-state index contributed by atoms with van der Waals surface area (Å²) in [5.41, 5.74) is 0. The molecule has 1 saturated heterocycles. The van der Waals surface area contributed by atoms with Crippen molar-refractivity contribution in [1.82, 2.24) is 15.1 Å². The Kier molecular flexibility index (Phi) is 7.48. The minimum Gasteiger partial charge on any atom is -0.314 e. The smallest absolute Gasteiger partial charge is 0.00922 e. The van der Waals surface area contributed by atoms with Gasteiger partial charge in [-0.15, -0.1) is 0 Å². The summed E-state index contributed by atoms with van der Waals surface area (Å²) in [6.45, 7) is 7.38. The maximum atomic E-state index is 3.78. The lowest BCUT2D eigenvalue weighted by molar-refractivity contribution is 0.172. The van der Waals surface area contributed by atoms with Crippen molar-refractivity contribution >= 4 is 0 Å². The van der Waals surface area contributed by atoms with Crippen LogP contribution in [0.15, 0.2) is 0 Å². The van der Waals surface area contributed by atoms with Gasteiger partial charge in [0.05, 0.1) is 0 Å². The van der Waals surface area contributed by atoms with Gasteiger partial charge in [-0.1, -0.05) is 19.3 Å². The zero-order valence-electron chi connectivity index (χ0n) is 14.6. The number of rotatable bonds is 7. The number of nitrogens with zero attached hydrogens (tertiary/aromatic N) is 2. The largest absolute Gasteiger partial charge is 0.314 e. The van der Waals surface area contributed by atoms with Crippen LogP contribution in [0.25, 0.3) is 0 Å². The lowest BCUT2D eigenvalue weighted by Crippen LogP contribution is -2.43. The molecular weight excluding hydrogens is 258 g/mol. The fourth-order valence-corrected chi connectivity index (χ4v) is 4.14. The summed E-state index contributed by atoms with van der Waals surface area (Å²) in [6, 6.07) is 1.54. The summed E-state index contributed by atoms with van der Waals surface area (Å²) >= 11 is 0. The van der Waals surface area contributed by atoms with E-state index >= 15 is 0 Å². The third-order valence-corrected chi connectivity index (χ3v) is 5.72. The van der Waals surface area contributed by atoms with Gasteiger partial charge in [-0.2, -0.15) is 0 Å². The molecule has 0 aromatic carbocycles. The molecule has 0 amide bonds. The quantitative estimate of drug-likeness (QED) is 0.729. The molecule has 2 fully saturated rings. The highest BCUT2D eigenvalue weighted by Gasteiger charge is 2.22. The average molecular weight is 296 g/mol. The number of nitrogens with one attached hydrogen (secondary N) is 1. The Labute approximate surface area is 132 Å². The summed E-state index contributed by atoms with van der Waals surface area (Å²) in [5.74, 6) is 0.847. The second-order valence-corrected chi connectivity index (χ2v) is 7.53. The molecule has 0 spiro atoms. The molecule has 1 aliphatic carbocycles. The molecule has 21 heavy (non-hydrogen) atoms. The van der Waals surface area contributed by atoms with Crippen LogP contribution >= 0.6 is 0 Å². The fourth-order valence-electron chi connectivity index (χ4n) is 4.14. The van der Waals surface area contributed by atoms with Crippen LogP contribution in [0, 0.1) is 5.92 Å². The first-order chi connectivity index (χ1) is 10.2. The molecule has 3 heteroatoms. The summed E-state index contributed by atoms with van der Waals surface area (Å²) in [6.07, 6.45) is 11.3. The van der Waals surface area contributed by atoms with E-state index in [1.165, 1.54) is 77.5 Å². The topological polar surface area (TPSA) is 18.5 Å². The standard InChI is InChI=1S/C18H37N3/c1-16(17-9-7-13-20(2)15-17)19-12-8-14-21(3)18-10-5-4-6-11-18/h16-19H,4-15H2,1-3H3. The van der Waals surface area contributed by atoms with Crippen molar-refractivity contribution in [3.05, 3.63) is 0 Å². The van der Waals surface area contributed by atoms with E-state index < -0.39 is 0 Å². The van der Waals surface area contributed by atoms with Gasteiger partial charge in [-0.25, -0.2) is 0 Å². The van der Waals surface area contributed by atoms with Crippen LogP contribution in [0.2, 0.25) is 0 Å². The molecule has 3 nitrogen and oxygen atoms in total. The minimum atomic E-state index is 0.674. The van der Waals surface area contributed by atoms with Crippen LogP contribution < -0.4 is 5.32 Å². The molecule has 124 valence electrons. The fraction of sp³-hybridized carbons (Fsp3) is 1.00. The van der Waals surface area contributed by atoms with Crippen molar-refractivity contribution in [1.29, 1.82) is 0 Å². The predicted octanol–water partition coefficient (Wildman–Crippen LogP) is 2.96. The van der Waals surface area contributed by atoms with E-state index in [-0.39, 0.29) is 0 Å². The molecule has 0 aromatic rings. The Morgan fingerprint density at radius 1 is 1.14 bits per heavy atom. The van der Waals surface area contributed by atoms with Gasteiger partial charge in [-0.05, 0) is 78.7 Å². The molecule has 0 aromatic heterocycles. The maximum Gasteiger partial charge on any atom is 0.00922 e. The highest BCUT2D eigenvalue weighted by molar-refractivity contribution is 4.79. The molecule has 0 radical (unpaired) electrons. The van der Waals surface area contributed by atoms with Gasteiger partial charge in [0, 0.05) is 18.6 Å². The Bertz CT molecular complexity index is 276. The van der Waals surface area contributed by atoms with E-state index in [2.05, 4.69) is 36.1 Å². The van der Waals surface area contributed by atoms with E-state index in [1.807, 2.05) is 0 Å². The second-order valence-electron chi connectivity index (χ2n) is 7.53. The van der Waals surface area contributed by atoms with Crippen molar-refractivity contribution in [2.24, 2.45) is 5.92 Å². The van der Waals surface area contributed by atoms with Gasteiger partial charge in [0.15, 0.2) is 0 Å². The highest BCUT2D eigenvalue weighted by Crippen LogP contribution is 2.21. The Hall–Kier alpha value is -0.120. The molecule has 1 N–H and O–H groups in total. The van der Waals surface area contributed by atoms with Gasteiger partial charge in [0.25, 0.3) is 0 Å². The number of hydrogen-bond acceptors (Lipinski definition) is 3. The molecule has 2 aliphatic rings. The molecule has 1 saturated carbocycles. The van der Waals surface area contributed by atoms with Crippen molar-refractivity contribution in [2.75, 3.05) is 40.3 Å². The normalized spacial score (nSPS) is 27.1. The second kappa shape index (κ2) is 9.12. The van der Waals surface area contributed by atoms with Crippen molar-refractivity contribution in [3.63, 3.8) is 0 Å². The average Bonchev–Trinajstić information content (AvgIpc) is 2.52. The Morgan fingerprint density at radius 2 is 1.90 bits per heavy atom. The number of hydrogen-bond donors (Lipinski definition) is 1. The first-order valence-corrected chi connectivity index (χ1v) is 9.29. The molecule has 1 aliphatic heterocycles. The lowest BCUT2D eigenvalue weighted by Gasteiger charge is -2.34. The zero-order chi connectivity index (χ0) is 15.1.